The molecule has 0 aromatic rings. The van der Waals surface area contributed by atoms with E-state index in [4.69, 9.17) is 4.74 Å². The first-order chi connectivity index (χ1) is 7.95. The van der Waals surface area contributed by atoms with E-state index in [0.717, 1.165) is 0 Å². The van der Waals surface area contributed by atoms with Crippen molar-refractivity contribution >= 4 is 5.97 Å². The van der Waals surface area contributed by atoms with Crippen LogP contribution in [0.4, 0.5) is 0 Å². The Morgan fingerprint density at radius 2 is 1.65 bits per heavy atom. The molecule has 0 aromatic carbocycles. The number of hydrogen-bond donors (Lipinski definition) is 2. The van der Waals surface area contributed by atoms with E-state index >= 15 is 0 Å². The number of ether oxygens (including phenoxy) is 1. The molecule has 0 unspecified atom stereocenters. The van der Waals surface area contributed by atoms with Crippen LogP contribution in [-0.4, -0.2) is 41.1 Å². The van der Waals surface area contributed by atoms with Crippen LogP contribution in [0.2, 0.25) is 0 Å². The molecule has 1 saturated heterocycles. The molecule has 6 nitrogen and oxygen atoms in total. The third-order valence-electron chi connectivity index (χ3n) is 2.46. The SMILES string of the molecule is CCOC(=O)CC1NN(C(C)C)N(C(C)C)N1. The second-order valence-corrected chi connectivity index (χ2v) is 4.70. The summed E-state index contributed by atoms with van der Waals surface area (Å²) in [6.45, 7) is 10.6. The predicted molar refractivity (Wildman–Crippen MR) is 65.3 cm³/mol. The summed E-state index contributed by atoms with van der Waals surface area (Å²) in [5, 5.41) is 4.02. The van der Waals surface area contributed by atoms with E-state index in [0.29, 0.717) is 25.1 Å². The van der Waals surface area contributed by atoms with Gasteiger partial charge in [0.05, 0.1) is 19.2 Å². The van der Waals surface area contributed by atoms with Gasteiger partial charge in [0, 0.05) is 12.1 Å². The molecule has 17 heavy (non-hydrogen) atoms. The summed E-state index contributed by atoms with van der Waals surface area (Å²) in [5.74, 6) is -0.188. The van der Waals surface area contributed by atoms with Crippen molar-refractivity contribution in [1.82, 2.24) is 21.1 Å². The van der Waals surface area contributed by atoms with Gasteiger partial charge in [-0.2, -0.15) is 10.2 Å². The van der Waals surface area contributed by atoms with Crippen LogP contribution in [-0.2, 0) is 9.53 Å². The van der Waals surface area contributed by atoms with Crippen LogP contribution in [0, 0.1) is 0 Å². The van der Waals surface area contributed by atoms with Crippen molar-refractivity contribution in [3.63, 3.8) is 0 Å². The maximum absolute atomic E-state index is 11.4. The number of hydrazine groups is 3. The van der Waals surface area contributed by atoms with Crippen molar-refractivity contribution in [2.24, 2.45) is 0 Å². The van der Waals surface area contributed by atoms with Gasteiger partial charge in [0.1, 0.15) is 0 Å². The summed E-state index contributed by atoms with van der Waals surface area (Å²) in [6, 6.07) is 0.634. The summed E-state index contributed by atoms with van der Waals surface area (Å²) >= 11 is 0. The van der Waals surface area contributed by atoms with E-state index in [1.165, 1.54) is 0 Å². The maximum Gasteiger partial charge on any atom is 0.308 e. The van der Waals surface area contributed by atoms with Gasteiger partial charge in [-0.1, -0.05) is 0 Å². The summed E-state index contributed by atoms with van der Waals surface area (Å²) in [6.07, 6.45) is 0.221. The summed E-state index contributed by atoms with van der Waals surface area (Å²) in [5.41, 5.74) is 6.52. The quantitative estimate of drug-likeness (QED) is 0.692. The fourth-order valence-corrected chi connectivity index (χ4v) is 1.75. The van der Waals surface area contributed by atoms with Gasteiger partial charge in [-0.05, 0) is 34.6 Å². The third kappa shape index (κ3) is 3.92. The number of nitrogens with zero attached hydrogens (tertiary/aromatic N) is 2. The highest BCUT2D eigenvalue weighted by atomic mass is 16.5. The van der Waals surface area contributed by atoms with Gasteiger partial charge in [-0.3, -0.25) is 4.79 Å². The van der Waals surface area contributed by atoms with Gasteiger partial charge < -0.3 is 4.74 Å². The smallest absolute Gasteiger partial charge is 0.308 e. The molecule has 1 rings (SSSR count). The highest BCUT2D eigenvalue weighted by Gasteiger charge is 2.33. The lowest BCUT2D eigenvalue weighted by atomic mass is 10.3. The number of nitrogens with one attached hydrogen (secondary N) is 2. The Morgan fingerprint density at radius 3 is 2.00 bits per heavy atom. The molecule has 0 amide bonds. The topological polar surface area (TPSA) is 56.8 Å². The van der Waals surface area contributed by atoms with Gasteiger partial charge in [-0.15, -0.1) is 0 Å². The van der Waals surface area contributed by atoms with Crippen molar-refractivity contribution in [1.29, 1.82) is 0 Å². The lowest BCUT2D eigenvalue weighted by Gasteiger charge is -2.32. The van der Waals surface area contributed by atoms with Gasteiger partial charge in [0.2, 0.25) is 0 Å². The molecule has 1 aliphatic heterocycles. The zero-order valence-corrected chi connectivity index (χ0v) is 11.4. The zero-order valence-electron chi connectivity index (χ0n) is 11.4. The molecule has 100 valence electrons. The van der Waals surface area contributed by atoms with E-state index in [9.17, 15) is 4.79 Å². The van der Waals surface area contributed by atoms with Gasteiger partial charge in [-0.25, -0.2) is 10.9 Å². The molecular weight excluding hydrogens is 220 g/mol. The molecule has 1 fully saturated rings. The Balaban J connectivity index is 2.53. The van der Waals surface area contributed by atoms with Crippen molar-refractivity contribution < 1.29 is 9.53 Å². The molecule has 1 heterocycles. The van der Waals surface area contributed by atoms with E-state index in [1.807, 2.05) is 17.2 Å². The van der Waals surface area contributed by atoms with E-state index in [2.05, 4.69) is 38.5 Å². The zero-order chi connectivity index (χ0) is 13.0. The first kappa shape index (κ1) is 14.4. The van der Waals surface area contributed by atoms with Gasteiger partial charge in [0.25, 0.3) is 0 Å². The monoisotopic (exact) mass is 244 g/mol. The molecule has 0 aliphatic carbocycles. The van der Waals surface area contributed by atoms with Gasteiger partial charge >= 0.3 is 5.97 Å². The molecule has 6 heteroatoms. The van der Waals surface area contributed by atoms with Crippen LogP contribution >= 0.6 is 0 Å². The minimum absolute atomic E-state index is 0.0983. The molecule has 2 N–H and O–H groups in total. The number of carbonyl (C=O) groups excluding carboxylic acids is 1. The van der Waals surface area contributed by atoms with E-state index in [1.54, 1.807) is 0 Å². The lowest BCUT2D eigenvalue weighted by Crippen LogP contribution is -2.51. The van der Waals surface area contributed by atoms with E-state index in [-0.39, 0.29) is 12.1 Å². The molecule has 1 aliphatic rings. The fraction of sp³-hybridized carbons (Fsp3) is 0.909. The molecule has 0 aromatic heterocycles. The standard InChI is InChI=1S/C11H24N4O2/c1-6-17-11(16)7-10-12-14(8(2)3)15(13-10)9(4)5/h8-10,12-13H,6-7H2,1-5H3. The highest BCUT2D eigenvalue weighted by Crippen LogP contribution is 2.12. The second kappa shape index (κ2) is 6.30. The second-order valence-electron chi connectivity index (χ2n) is 4.70. The Bertz CT molecular complexity index is 242. The Kier molecular flexibility index (Phi) is 5.32. The molecule has 0 radical (unpaired) electrons. The Hall–Kier alpha value is -0.690. The van der Waals surface area contributed by atoms with Crippen LogP contribution in [0.5, 0.6) is 0 Å². The molecule has 0 bridgehead atoms. The van der Waals surface area contributed by atoms with Crippen molar-refractivity contribution in [3.05, 3.63) is 0 Å². The predicted octanol–water partition coefficient (Wildman–Crippen LogP) is 0.624. The molecule has 0 atom stereocenters. The van der Waals surface area contributed by atoms with Crippen LogP contribution < -0.4 is 10.9 Å². The normalized spacial score (nSPS) is 19.5. The fourth-order valence-electron chi connectivity index (χ4n) is 1.75. The minimum atomic E-state index is -0.188. The molecule has 0 spiro atoms. The third-order valence-corrected chi connectivity index (χ3v) is 2.46. The first-order valence-electron chi connectivity index (χ1n) is 6.22. The molecular formula is C11H24N4O2. The molecule has 0 saturated carbocycles. The first-order valence-corrected chi connectivity index (χ1v) is 6.22. The number of esters is 1. The average molecular weight is 244 g/mol. The Labute approximate surface area is 103 Å². The van der Waals surface area contributed by atoms with Crippen LogP contribution in [0.1, 0.15) is 41.0 Å². The average Bonchev–Trinajstić information content (AvgIpc) is 2.62. The number of hydrogen-bond acceptors (Lipinski definition) is 6. The van der Waals surface area contributed by atoms with Gasteiger partial charge in [0.15, 0.2) is 0 Å². The van der Waals surface area contributed by atoms with Crippen LogP contribution in [0.15, 0.2) is 0 Å². The van der Waals surface area contributed by atoms with Crippen molar-refractivity contribution in [3.8, 4) is 0 Å². The summed E-state index contributed by atoms with van der Waals surface area (Å²) in [7, 11) is 0. The van der Waals surface area contributed by atoms with Crippen LogP contribution in [0.25, 0.3) is 0 Å². The van der Waals surface area contributed by atoms with Crippen molar-refractivity contribution in [2.45, 2.75) is 59.3 Å². The lowest BCUT2D eigenvalue weighted by molar-refractivity contribution is -0.143. The van der Waals surface area contributed by atoms with E-state index < -0.39 is 0 Å². The maximum atomic E-state index is 11.4. The summed E-state index contributed by atoms with van der Waals surface area (Å²) < 4.78 is 4.94. The summed E-state index contributed by atoms with van der Waals surface area (Å²) in [4.78, 5) is 11.4. The minimum Gasteiger partial charge on any atom is -0.466 e. The highest BCUT2D eigenvalue weighted by molar-refractivity contribution is 5.70. The largest absolute Gasteiger partial charge is 0.466 e. The Morgan fingerprint density at radius 1 is 1.18 bits per heavy atom. The number of rotatable bonds is 5. The van der Waals surface area contributed by atoms with Crippen molar-refractivity contribution in [2.75, 3.05) is 6.61 Å². The number of carbonyl (C=O) groups is 1. The van der Waals surface area contributed by atoms with Crippen LogP contribution in [0.3, 0.4) is 0 Å².